The number of ether oxygens (including phenoxy) is 2. The molecule has 0 radical (unpaired) electrons. The Bertz CT molecular complexity index is 284. The topological polar surface area (TPSA) is 47.7 Å². The highest BCUT2D eigenvalue weighted by molar-refractivity contribution is 4.98. The first-order valence-corrected chi connectivity index (χ1v) is 8.42. The van der Waals surface area contributed by atoms with E-state index in [2.05, 4.69) is 18.7 Å². The van der Waals surface area contributed by atoms with E-state index < -0.39 is 0 Å². The zero-order chi connectivity index (χ0) is 14.4. The lowest BCUT2D eigenvalue weighted by molar-refractivity contribution is -0.0990. The number of nitrogens with two attached hydrogens (primary N) is 1. The molecule has 2 saturated heterocycles. The molecule has 0 aromatic heterocycles. The van der Waals surface area contributed by atoms with E-state index in [0.29, 0.717) is 12.2 Å². The molecule has 2 fully saturated rings. The lowest BCUT2D eigenvalue weighted by Gasteiger charge is -2.50. The van der Waals surface area contributed by atoms with Crippen LogP contribution in [0, 0.1) is 0 Å². The van der Waals surface area contributed by atoms with Gasteiger partial charge < -0.3 is 15.2 Å². The second kappa shape index (κ2) is 7.74. The summed E-state index contributed by atoms with van der Waals surface area (Å²) in [6.07, 6.45) is 7.72. The van der Waals surface area contributed by atoms with E-state index in [1.165, 1.54) is 25.8 Å². The van der Waals surface area contributed by atoms with Crippen molar-refractivity contribution in [2.45, 2.75) is 70.1 Å². The molecule has 118 valence electrons. The second-order valence-electron chi connectivity index (χ2n) is 6.33. The Kier molecular flexibility index (Phi) is 6.27. The Morgan fingerprint density at radius 1 is 1.40 bits per heavy atom. The van der Waals surface area contributed by atoms with Gasteiger partial charge in [-0.2, -0.15) is 0 Å². The maximum Gasteiger partial charge on any atom is 0.0702 e. The van der Waals surface area contributed by atoms with Crippen LogP contribution >= 0.6 is 0 Å². The first-order valence-electron chi connectivity index (χ1n) is 8.42. The van der Waals surface area contributed by atoms with Crippen molar-refractivity contribution in [2.75, 3.05) is 32.8 Å². The monoisotopic (exact) mass is 284 g/mol. The number of likely N-dealkylation sites (tertiary alicyclic amines) is 1. The third-order valence-electron chi connectivity index (χ3n) is 4.97. The third-order valence-corrected chi connectivity index (χ3v) is 4.97. The van der Waals surface area contributed by atoms with E-state index in [1.807, 2.05) is 0 Å². The fraction of sp³-hybridized carbons (Fsp3) is 1.00. The van der Waals surface area contributed by atoms with Gasteiger partial charge >= 0.3 is 0 Å². The molecule has 2 aliphatic heterocycles. The minimum absolute atomic E-state index is 0.147. The first-order chi connectivity index (χ1) is 9.74. The summed E-state index contributed by atoms with van der Waals surface area (Å²) in [6.45, 7) is 8.95. The van der Waals surface area contributed by atoms with E-state index >= 15 is 0 Å². The molecule has 2 N–H and O–H groups in total. The van der Waals surface area contributed by atoms with E-state index in [-0.39, 0.29) is 5.54 Å². The Balaban J connectivity index is 2.01. The summed E-state index contributed by atoms with van der Waals surface area (Å²) in [5.74, 6) is 0. The lowest BCUT2D eigenvalue weighted by Crippen LogP contribution is -2.61. The SMILES string of the molecule is CCCC1CC(CN)(N2CCCC(OCC)C2)CCO1. The molecule has 2 heterocycles. The summed E-state index contributed by atoms with van der Waals surface area (Å²) in [7, 11) is 0. The molecule has 0 aromatic rings. The number of rotatable bonds is 6. The summed E-state index contributed by atoms with van der Waals surface area (Å²) in [6, 6.07) is 0. The van der Waals surface area contributed by atoms with Crippen LogP contribution in [-0.2, 0) is 9.47 Å². The molecule has 2 aliphatic rings. The molecule has 4 nitrogen and oxygen atoms in total. The largest absolute Gasteiger partial charge is 0.378 e. The maximum absolute atomic E-state index is 6.21. The van der Waals surface area contributed by atoms with Gasteiger partial charge in [0.05, 0.1) is 12.2 Å². The summed E-state index contributed by atoms with van der Waals surface area (Å²) in [5.41, 5.74) is 6.36. The van der Waals surface area contributed by atoms with E-state index in [0.717, 1.165) is 45.6 Å². The van der Waals surface area contributed by atoms with Crippen molar-refractivity contribution in [3.05, 3.63) is 0 Å². The average Bonchev–Trinajstić information content (AvgIpc) is 2.48. The Labute approximate surface area is 124 Å². The van der Waals surface area contributed by atoms with Crippen molar-refractivity contribution < 1.29 is 9.47 Å². The zero-order valence-corrected chi connectivity index (χ0v) is 13.3. The van der Waals surface area contributed by atoms with Gasteiger partial charge in [-0.05, 0) is 45.6 Å². The van der Waals surface area contributed by atoms with E-state index in [9.17, 15) is 0 Å². The normalized spacial score (nSPS) is 36.1. The van der Waals surface area contributed by atoms with Crippen LogP contribution < -0.4 is 5.73 Å². The molecule has 0 aliphatic carbocycles. The summed E-state index contributed by atoms with van der Waals surface area (Å²) in [4.78, 5) is 2.61. The smallest absolute Gasteiger partial charge is 0.0702 e. The number of piperidine rings is 1. The Morgan fingerprint density at radius 3 is 2.95 bits per heavy atom. The van der Waals surface area contributed by atoms with Gasteiger partial charge in [-0.25, -0.2) is 0 Å². The number of nitrogens with zero attached hydrogens (tertiary/aromatic N) is 1. The van der Waals surface area contributed by atoms with Crippen LogP contribution in [0.1, 0.15) is 52.4 Å². The highest BCUT2D eigenvalue weighted by Gasteiger charge is 2.42. The molecule has 0 saturated carbocycles. The average molecular weight is 284 g/mol. The summed E-state index contributed by atoms with van der Waals surface area (Å²) >= 11 is 0. The van der Waals surface area contributed by atoms with Crippen LogP contribution in [0.2, 0.25) is 0 Å². The number of hydrogen-bond acceptors (Lipinski definition) is 4. The van der Waals surface area contributed by atoms with Gasteiger partial charge in [0.15, 0.2) is 0 Å². The fourth-order valence-corrected chi connectivity index (χ4v) is 3.85. The van der Waals surface area contributed by atoms with Crippen molar-refractivity contribution in [3.8, 4) is 0 Å². The molecule has 0 amide bonds. The summed E-state index contributed by atoms with van der Waals surface area (Å²) in [5, 5.41) is 0. The highest BCUT2D eigenvalue weighted by atomic mass is 16.5. The molecule has 0 spiro atoms. The van der Waals surface area contributed by atoms with Crippen molar-refractivity contribution in [1.29, 1.82) is 0 Å². The molecule has 4 heteroatoms. The van der Waals surface area contributed by atoms with Gasteiger partial charge in [0.1, 0.15) is 0 Å². The quantitative estimate of drug-likeness (QED) is 0.812. The molecule has 3 unspecified atom stereocenters. The predicted octanol–water partition coefficient (Wildman–Crippen LogP) is 2.16. The molecular weight excluding hydrogens is 252 g/mol. The van der Waals surface area contributed by atoms with E-state index in [1.54, 1.807) is 0 Å². The van der Waals surface area contributed by atoms with Crippen molar-refractivity contribution >= 4 is 0 Å². The molecule has 20 heavy (non-hydrogen) atoms. The van der Waals surface area contributed by atoms with Gasteiger partial charge in [0.25, 0.3) is 0 Å². The van der Waals surface area contributed by atoms with Gasteiger partial charge in [0, 0.05) is 31.8 Å². The van der Waals surface area contributed by atoms with Crippen molar-refractivity contribution in [1.82, 2.24) is 4.90 Å². The highest BCUT2D eigenvalue weighted by Crippen LogP contribution is 2.34. The molecule has 3 atom stereocenters. The minimum Gasteiger partial charge on any atom is -0.378 e. The third kappa shape index (κ3) is 3.73. The van der Waals surface area contributed by atoms with Crippen molar-refractivity contribution in [3.63, 3.8) is 0 Å². The fourth-order valence-electron chi connectivity index (χ4n) is 3.85. The second-order valence-corrected chi connectivity index (χ2v) is 6.33. The standard InChI is InChI=1S/C16H32N2O2/c1-3-6-14-11-16(13-17,8-10-20-14)18-9-5-7-15(12-18)19-4-2/h14-15H,3-13,17H2,1-2H3. The number of hydrogen-bond donors (Lipinski definition) is 1. The van der Waals surface area contributed by atoms with Gasteiger partial charge in [-0.1, -0.05) is 13.3 Å². The molecular formula is C16H32N2O2. The van der Waals surface area contributed by atoms with Gasteiger partial charge in [-0.15, -0.1) is 0 Å². The van der Waals surface area contributed by atoms with Crippen molar-refractivity contribution in [2.24, 2.45) is 5.73 Å². The van der Waals surface area contributed by atoms with Crippen LogP contribution in [0.4, 0.5) is 0 Å². The van der Waals surface area contributed by atoms with Gasteiger partial charge in [-0.3, -0.25) is 4.90 Å². The Morgan fingerprint density at radius 2 is 2.25 bits per heavy atom. The van der Waals surface area contributed by atoms with E-state index in [4.69, 9.17) is 15.2 Å². The van der Waals surface area contributed by atoms with Crippen LogP contribution in [0.15, 0.2) is 0 Å². The molecule has 0 bridgehead atoms. The summed E-state index contributed by atoms with van der Waals surface area (Å²) < 4.78 is 11.8. The van der Waals surface area contributed by atoms with Gasteiger partial charge in [0.2, 0.25) is 0 Å². The molecule has 2 rings (SSSR count). The van der Waals surface area contributed by atoms with Crippen LogP contribution in [-0.4, -0.2) is 55.5 Å². The Hall–Kier alpha value is -0.160. The maximum atomic E-state index is 6.21. The predicted molar refractivity (Wildman–Crippen MR) is 81.9 cm³/mol. The van der Waals surface area contributed by atoms with Crippen LogP contribution in [0.3, 0.4) is 0 Å². The minimum atomic E-state index is 0.147. The van der Waals surface area contributed by atoms with Crippen LogP contribution in [0.25, 0.3) is 0 Å². The molecule has 0 aromatic carbocycles. The zero-order valence-electron chi connectivity index (χ0n) is 13.3. The van der Waals surface area contributed by atoms with Crippen LogP contribution in [0.5, 0.6) is 0 Å². The first kappa shape index (κ1) is 16.2. The lowest BCUT2D eigenvalue weighted by atomic mass is 9.82.